The highest BCUT2D eigenvalue weighted by Gasteiger charge is 2.23. The van der Waals surface area contributed by atoms with E-state index in [1.807, 2.05) is 30.9 Å². The number of amides is 1. The van der Waals surface area contributed by atoms with Crippen LogP contribution in [0.5, 0.6) is 0 Å². The molecule has 1 atom stereocenters. The summed E-state index contributed by atoms with van der Waals surface area (Å²) < 4.78 is 0.942. The Hall–Kier alpha value is -1.20. The zero-order valence-electron chi connectivity index (χ0n) is 12.1. The highest BCUT2D eigenvalue weighted by Crippen LogP contribution is 2.14. The molecule has 0 saturated carbocycles. The van der Waals surface area contributed by atoms with Gasteiger partial charge in [-0.15, -0.1) is 0 Å². The second-order valence-corrected chi connectivity index (χ2v) is 5.61. The number of nitrogens with one attached hydrogen (secondary N) is 1. The van der Waals surface area contributed by atoms with E-state index < -0.39 is 0 Å². The monoisotopic (exact) mass is 340 g/mol. The Morgan fingerprint density at radius 3 is 2.40 bits per heavy atom. The second-order valence-electron chi connectivity index (χ2n) is 4.69. The molecule has 0 fully saturated rings. The van der Waals surface area contributed by atoms with Crippen molar-refractivity contribution in [2.75, 3.05) is 20.1 Å². The maximum absolute atomic E-state index is 12.5. The highest BCUT2D eigenvalue weighted by atomic mass is 79.9. The molecule has 0 aromatic heterocycles. The van der Waals surface area contributed by atoms with Gasteiger partial charge >= 0.3 is 0 Å². The lowest BCUT2D eigenvalue weighted by Crippen LogP contribution is -2.45. The van der Waals surface area contributed by atoms with Gasteiger partial charge in [0.1, 0.15) is 0 Å². The number of hydrogen-bond donors (Lipinski definition) is 1. The van der Waals surface area contributed by atoms with Crippen molar-refractivity contribution in [2.45, 2.75) is 26.3 Å². The van der Waals surface area contributed by atoms with E-state index in [9.17, 15) is 9.59 Å². The zero-order valence-corrected chi connectivity index (χ0v) is 13.7. The molecular weight excluding hydrogens is 320 g/mol. The van der Waals surface area contributed by atoms with Gasteiger partial charge in [-0.2, -0.15) is 0 Å². The van der Waals surface area contributed by atoms with E-state index in [1.165, 1.54) is 0 Å². The summed E-state index contributed by atoms with van der Waals surface area (Å²) in [6.07, 6.45) is 0.898. The van der Waals surface area contributed by atoms with Crippen LogP contribution < -0.4 is 5.32 Å². The van der Waals surface area contributed by atoms with Crippen LogP contribution >= 0.6 is 15.9 Å². The number of Topliss-reactive ketones (excluding diaryl/α,β-unsaturated/α-hetero) is 1. The summed E-state index contributed by atoms with van der Waals surface area (Å²) in [5, 5.41) is 2.60. The topological polar surface area (TPSA) is 49.4 Å². The van der Waals surface area contributed by atoms with E-state index in [0.717, 1.165) is 17.4 Å². The smallest absolute Gasteiger partial charge is 0.233 e. The third kappa shape index (κ3) is 4.72. The van der Waals surface area contributed by atoms with Gasteiger partial charge in [0.2, 0.25) is 5.91 Å². The normalized spacial score (nSPS) is 12.2. The Kier molecular flexibility index (Phi) is 6.88. The quantitative estimate of drug-likeness (QED) is 0.775. The first kappa shape index (κ1) is 16.9. The summed E-state index contributed by atoms with van der Waals surface area (Å²) in [4.78, 5) is 25.9. The number of rotatable bonds is 7. The molecule has 1 aromatic carbocycles. The molecule has 1 N–H and O–H groups in total. The van der Waals surface area contributed by atoms with Gasteiger partial charge in [0.25, 0.3) is 0 Å². The van der Waals surface area contributed by atoms with Crippen molar-refractivity contribution in [3.05, 3.63) is 34.3 Å². The molecule has 1 aromatic rings. The Bertz CT molecular complexity index is 459. The van der Waals surface area contributed by atoms with Gasteiger partial charge in [0.05, 0.1) is 12.6 Å². The largest absolute Gasteiger partial charge is 0.358 e. The van der Waals surface area contributed by atoms with Gasteiger partial charge < -0.3 is 5.32 Å². The summed E-state index contributed by atoms with van der Waals surface area (Å²) in [5.74, 6) is -0.0382. The molecule has 5 heteroatoms. The van der Waals surface area contributed by atoms with Gasteiger partial charge in [0.15, 0.2) is 5.78 Å². The standard InChI is InChI=1S/C15H21BrN2O2/c1-4-9-18(10-14(19)17-3)11(2)15(20)12-5-7-13(16)8-6-12/h5-8,11H,4,9-10H2,1-3H3,(H,17,19). The van der Waals surface area contributed by atoms with Crippen LogP contribution in [0.4, 0.5) is 0 Å². The summed E-state index contributed by atoms with van der Waals surface area (Å²) >= 11 is 3.35. The number of halogens is 1. The van der Waals surface area contributed by atoms with Crippen LogP contribution in [0, 0.1) is 0 Å². The molecule has 0 aliphatic heterocycles. The fourth-order valence-electron chi connectivity index (χ4n) is 1.98. The number of likely N-dealkylation sites (N-methyl/N-ethyl adjacent to an activating group) is 1. The van der Waals surface area contributed by atoms with Gasteiger partial charge in [-0.3, -0.25) is 14.5 Å². The van der Waals surface area contributed by atoms with E-state index >= 15 is 0 Å². The number of ketones is 1. The lowest BCUT2D eigenvalue weighted by atomic mass is 10.0. The number of carbonyl (C=O) groups excluding carboxylic acids is 2. The van der Waals surface area contributed by atoms with E-state index in [4.69, 9.17) is 0 Å². The molecule has 1 amide bonds. The lowest BCUT2D eigenvalue weighted by Gasteiger charge is -2.27. The second kappa shape index (κ2) is 8.17. The minimum absolute atomic E-state index is 0.0369. The molecule has 1 rings (SSSR count). The molecule has 0 bridgehead atoms. The zero-order chi connectivity index (χ0) is 15.1. The van der Waals surface area contributed by atoms with E-state index in [-0.39, 0.29) is 24.3 Å². The minimum atomic E-state index is -0.312. The Balaban J connectivity index is 2.82. The highest BCUT2D eigenvalue weighted by molar-refractivity contribution is 9.10. The van der Waals surface area contributed by atoms with Crippen LogP contribution in [0.2, 0.25) is 0 Å². The molecular formula is C15H21BrN2O2. The first-order chi connectivity index (χ1) is 9.49. The molecule has 0 heterocycles. The molecule has 110 valence electrons. The summed E-state index contributed by atoms with van der Waals surface area (Å²) in [6.45, 7) is 4.85. The summed E-state index contributed by atoms with van der Waals surface area (Å²) in [7, 11) is 1.60. The first-order valence-electron chi connectivity index (χ1n) is 6.74. The third-order valence-electron chi connectivity index (χ3n) is 3.19. The van der Waals surface area contributed by atoms with Crippen molar-refractivity contribution in [3.63, 3.8) is 0 Å². The fraction of sp³-hybridized carbons (Fsp3) is 0.467. The molecule has 0 aliphatic carbocycles. The van der Waals surface area contributed by atoms with Gasteiger partial charge in [-0.05, 0) is 32.0 Å². The summed E-state index contributed by atoms with van der Waals surface area (Å²) in [5.41, 5.74) is 0.665. The van der Waals surface area contributed by atoms with Crippen molar-refractivity contribution < 1.29 is 9.59 Å². The molecule has 0 aliphatic rings. The Morgan fingerprint density at radius 2 is 1.90 bits per heavy atom. The average molecular weight is 341 g/mol. The van der Waals surface area contributed by atoms with Crippen LogP contribution in [0.15, 0.2) is 28.7 Å². The van der Waals surface area contributed by atoms with Gasteiger partial charge in [-0.1, -0.05) is 35.0 Å². The SMILES string of the molecule is CCCN(CC(=O)NC)C(C)C(=O)c1ccc(Br)cc1. The first-order valence-corrected chi connectivity index (χ1v) is 7.53. The van der Waals surface area contributed by atoms with Crippen LogP contribution in [-0.4, -0.2) is 42.8 Å². The number of benzene rings is 1. The van der Waals surface area contributed by atoms with Crippen LogP contribution in [0.1, 0.15) is 30.6 Å². The molecule has 20 heavy (non-hydrogen) atoms. The van der Waals surface area contributed by atoms with Crippen molar-refractivity contribution in [1.29, 1.82) is 0 Å². The van der Waals surface area contributed by atoms with Crippen LogP contribution in [-0.2, 0) is 4.79 Å². The predicted octanol–water partition coefficient (Wildman–Crippen LogP) is 2.48. The average Bonchev–Trinajstić information content (AvgIpc) is 2.46. The van der Waals surface area contributed by atoms with E-state index in [0.29, 0.717) is 5.56 Å². The van der Waals surface area contributed by atoms with Crippen LogP contribution in [0.25, 0.3) is 0 Å². The summed E-state index contributed by atoms with van der Waals surface area (Å²) in [6, 6.07) is 6.99. The predicted molar refractivity (Wildman–Crippen MR) is 83.9 cm³/mol. The van der Waals surface area contributed by atoms with Crippen molar-refractivity contribution in [3.8, 4) is 0 Å². The van der Waals surface area contributed by atoms with Crippen molar-refractivity contribution in [1.82, 2.24) is 10.2 Å². The fourth-order valence-corrected chi connectivity index (χ4v) is 2.25. The molecule has 0 spiro atoms. The van der Waals surface area contributed by atoms with E-state index in [1.54, 1.807) is 19.2 Å². The molecule has 0 radical (unpaired) electrons. The number of hydrogen-bond acceptors (Lipinski definition) is 3. The third-order valence-corrected chi connectivity index (χ3v) is 3.72. The maximum Gasteiger partial charge on any atom is 0.233 e. The van der Waals surface area contributed by atoms with Gasteiger partial charge in [0, 0.05) is 17.1 Å². The number of nitrogens with zero attached hydrogens (tertiary/aromatic N) is 1. The molecule has 4 nitrogen and oxygen atoms in total. The van der Waals surface area contributed by atoms with Crippen molar-refractivity contribution in [2.24, 2.45) is 0 Å². The Labute approximate surface area is 128 Å². The van der Waals surface area contributed by atoms with Gasteiger partial charge in [-0.25, -0.2) is 0 Å². The molecule has 1 unspecified atom stereocenters. The van der Waals surface area contributed by atoms with Crippen molar-refractivity contribution >= 4 is 27.6 Å². The molecule has 0 saturated heterocycles. The Morgan fingerprint density at radius 1 is 1.30 bits per heavy atom. The van der Waals surface area contributed by atoms with E-state index in [2.05, 4.69) is 21.2 Å². The maximum atomic E-state index is 12.5. The lowest BCUT2D eigenvalue weighted by molar-refractivity contribution is -0.122. The van der Waals surface area contributed by atoms with Crippen LogP contribution in [0.3, 0.4) is 0 Å². The number of carbonyl (C=O) groups is 2. The minimum Gasteiger partial charge on any atom is -0.358 e.